The van der Waals surface area contributed by atoms with E-state index in [2.05, 4.69) is 10.5 Å². The van der Waals surface area contributed by atoms with Gasteiger partial charge in [-0.3, -0.25) is 0 Å². The predicted octanol–water partition coefficient (Wildman–Crippen LogP) is 0.897. The molecule has 1 aromatic heterocycles. The highest BCUT2D eigenvalue weighted by molar-refractivity contribution is 7.11. The van der Waals surface area contributed by atoms with Gasteiger partial charge in [-0.15, -0.1) is 11.3 Å². The summed E-state index contributed by atoms with van der Waals surface area (Å²) in [6.45, 7) is 0.577. The number of carbonyl (C=O) groups is 1. The summed E-state index contributed by atoms with van der Waals surface area (Å²) in [5.41, 5.74) is 8.03. The summed E-state index contributed by atoms with van der Waals surface area (Å²) in [7, 11) is 1.64. The van der Waals surface area contributed by atoms with Crippen LogP contribution in [0.1, 0.15) is 10.4 Å². The van der Waals surface area contributed by atoms with Crippen molar-refractivity contribution in [1.82, 2.24) is 5.43 Å². The van der Waals surface area contributed by atoms with E-state index in [0.29, 0.717) is 6.61 Å². The third kappa shape index (κ3) is 3.55. The second kappa shape index (κ2) is 5.36. The number of urea groups is 1. The van der Waals surface area contributed by atoms with Crippen molar-refractivity contribution in [3.05, 3.63) is 21.9 Å². The molecule has 3 N–H and O–H groups in total. The zero-order valence-corrected chi connectivity index (χ0v) is 8.50. The highest BCUT2D eigenvalue weighted by Gasteiger charge is 1.96. The second-order valence-electron chi connectivity index (χ2n) is 2.52. The molecule has 0 aliphatic carbocycles. The molecule has 0 spiro atoms. The predicted molar refractivity (Wildman–Crippen MR) is 55.3 cm³/mol. The third-order valence-electron chi connectivity index (χ3n) is 1.35. The lowest BCUT2D eigenvalue weighted by atomic mass is 10.3. The molecule has 0 aliphatic rings. The zero-order chi connectivity index (χ0) is 10.4. The van der Waals surface area contributed by atoms with Gasteiger partial charge in [0.25, 0.3) is 0 Å². The first kappa shape index (κ1) is 10.7. The van der Waals surface area contributed by atoms with Gasteiger partial charge in [-0.1, -0.05) is 0 Å². The van der Waals surface area contributed by atoms with Gasteiger partial charge in [0, 0.05) is 12.0 Å². The Morgan fingerprint density at radius 3 is 3.29 bits per heavy atom. The lowest BCUT2D eigenvalue weighted by Gasteiger charge is -1.90. The number of hydrazone groups is 1. The van der Waals surface area contributed by atoms with E-state index < -0.39 is 6.03 Å². The van der Waals surface area contributed by atoms with Crippen molar-refractivity contribution in [1.29, 1.82) is 0 Å². The number of nitrogens with one attached hydrogen (secondary N) is 1. The first-order valence-electron chi connectivity index (χ1n) is 3.87. The Morgan fingerprint density at radius 2 is 2.64 bits per heavy atom. The van der Waals surface area contributed by atoms with Gasteiger partial charge in [0.1, 0.15) is 0 Å². The summed E-state index contributed by atoms with van der Waals surface area (Å²) < 4.78 is 4.96. The maximum atomic E-state index is 10.3. The molecule has 0 bridgehead atoms. The molecule has 1 aromatic rings. The summed E-state index contributed by atoms with van der Waals surface area (Å²) in [5.74, 6) is 0. The number of methoxy groups -OCH3 is 1. The van der Waals surface area contributed by atoms with E-state index in [4.69, 9.17) is 10.5 Å². The molecule has 1 heterocycles. The molecular weight excluding hydrogens is 202 g/mol. The molecular formula is C8H11N3O2S. The van der Waals surface area contributed by atoms with Gasteiger partial charge in [-0.05, 0) is 17.0 Å². The minimum Gasteiger partial charge on any atom is -0.380 e. The van der Waals surface area contributed by atoms with E-state index in [-0.39, 0.29) is 0 Å². The Balaban J connectivity index is 2.50. The SMILES string of the molecule is COCc1csc(C=NNC(N)=O)c1. The Bertz CT molecular complexity index is 335. The highest BCUT2D eigenvalue weighted by Crippen LogP contribution is 2.12. The summed E-state index contributed by atoms with van der Waals surface area (Å²) in [6, 6.07) is 1.26. The Labute approximate surface area is 85.6 Å². The molecule has 5 nitrogen and oxygen atoms in total. The molecule has 0 fully saturated rings. The third-order valence-corrected chi connectivity index (χ3v) is 2.27. The van der Waals surface area contributed by atoms with Gasteiger partial charge >= 0.3 is 6.03 Å². The molecule has 14 heavy (non-hydrogen) atoms. The quantitative estimate of drug-likeness (QED) is 0.575. The molecule has 2 amide bonds. The van der Waals surface area contributed by atoms with E-state index in [1.165, 1.54) is 17.6 Å². The Hall–Kier alpha value is -1.40. The number of hydrogen-bond acceptors (Lipinski definition) is 4. The lowest BCUT2D eigenvalue weighted by molar-refractivity contribution is 0.185. The standard InChI is InChI=1S/C8H11N3O2S/c1-13-4-6-2-7(14-5-6)3-10-11-8(9)12/h2-3,5H,4H2,1H3,(H3,9,11,12). The number of amides is 2. The van der Waals surface area contributed by atoms with Crippen LogP contribution >= 0.6 is 11.3 Å². The van der Waals surface area contributed by atoms with Gasteiger partial charge in [0.2, 0.25) is 0 Å². The minimum atomic E-state index is -0.671. The van der Waals surface area contributed by atoms with Crippen molar-refractivity contribution >= 4 is 23.6 Å². The second-order valence-corrected chi connectivity index (χ2v) is 3.47. The zero-order valence-electron chi connectivity index (χ0n) is 7.69. The number of hydrogen-bond donors (Lipinski definition) is 2. The number of carbonyl (C=O) groups excluding carboxylic acids is 1. The van der Waals surface area contributed by atoms with Crippen LogP contribution in [0.3, 0.4) is 0 Å². The topological polar surface area (TPSA) is 76.7 Å². The number of nitrogens with two attached hydrogens (primary N) is 1. The number of ether oxygens (including phenoxy) is 1. The van der Waals surface area contributed by atoms with Crippen LogP contribution in [0.25, 0.3) is 0 Å². The van der Waals surface area contributed by atoms with Crippen LogP contribution in [0, 0.1) is 0 Å². The fourth-order valence-corrected chi connectivity index (χ4v) is 1.62. The van der Waals surface area contributed by atoms with Crippen molar-refractivity contribution in [3.63, 3.8) is 0 Å². The average molecular weight is 213 g/mol. The van der Waals surface area contributed by atoms with Crippen LogP contribution in [0.4, 0.5) is 4.79 Å². The van der Waals surface area contributed by atoms with E-state index >= 15 is 0 Å². The van der Waals surface area contributed by atoms with Gasteiger partial charge < -0.3 is 10.5 Å². The van der Waals surface area contributed by atoms with Crippen LogP contribution in [0.2, 0.25) is 0 Å². The van der Waals surface area contributed by atoms with Gasteiger partial charge in [0.05, 0.1) is 12.8 Å². The Kier molecular flexibility index (Phi) is 4.09. The molecule has 0 radical (unpaired) electrons. The molecule has 0 aromatic carbocycles. The fraction of sp³-hybridized carbons (Fsp3) is 0.250. The maximum Gasteiger partial charge on any atom is 0.332 e. The average Bonchev–Trinajstić information content (AvgIpc) is 2.53. The Morgan fingerprint density at radius 1 is 1.86 bits per heavy atom. The van der Waals surface area contributed by atoms with Crippen LogP contribution in [0.5, 0.6) is 0 Å². The van der Waals surface area contributed by atoms with Crippen LogP contribution < -0.4 is 11.2 Å². The fourth-order valence-electron chi connectivity index (χ4n) is 0.864. The number of rotatable bonds is 4. The number of primary amides is 1. The summed E-state index contributed by atoms with van der Waals surface area (Å²) >= 11 is 1.52. The monoisotopic (exact) mass is 213 g/mol. The van der Waals surface area contributed by atoms with E-state index in [1.807, 2.05) is 11.4 Å². The van der Waals surface area contributed by atoms with E-state index in [1.54, 1.807) is 7.11 Å². The van der Waals surface area contributed by atoms with Gasteiger partial charge in [0.15, 0.2) is 0 Å². The molecule has 0 aliphatic heterocycles. The maximum absolute atomic E-state index is 10.3. The van der Waals surface area contributed by atoms with Crippen LogP contribution in [0.15, 0.2) is 16.5 Å². The van der Waals surface area contributed by atoms with Crippen molar-refractivity contribution in [2.24, 2.45) is 10.8 Å². The molecule has 0 saturated carbocycles. The normalized spacial score (nSPS) is 10.6. The van der Waals surface area contributed by atoms with Crippen molar-refractivity contribution < 1.29 is 9.53 Å². The molecule has 0 atom stereocenters. The minimum absolute atomic E-state index is 0.577. The van der Waals surface area contributed by atoms with Gasteiger partial charge in [-0.2, -0.15) is 5.10 Å². The highest BCUT2D eigenvalue weighted by atomic mass is 32.1. The van der Waals surface area contributed by atoms with E-state index in [0.717, 1.165) is 10.4 Å². The molecule has 0 unspecified atom stereocenters. The number of thiophene rings is 1. The molecule has 6 heteroatoms. The molecule has 76 valence electrons. The van der Waals surface area contributed by atoms with Crippen molar-refractivity contribution in [3.8, 4) is 0 Å². The first-order chi connectivity index (χ1) is 6.72. The summed E-state index contributed by atoms with van der Waals surface area (Å²) in [5, 5.41) is 5.60. The molecule has 1 rings (SSSR count). The molecule has 0 saturated heterocycles. The van der Waals surface area contributed by atoms with Gasteiger partial charge in [-0.25, -0.2) is 10.2 Å². The smallest absolute Gasteiger partial charge is 0.332 e. The van der Waals surface area contributed by atoms with Crippen LogP contribution in [-0.2, 0) is 11.3 Å². The number of nitrogens with zero attached hydrogens (tertiary/aromatic N) is 1. The van der Waals surface area contributed by atoms with E-state index in [9.17, 15) is 4.79 Å². The van der Waals surface area contributed by atoms with Crippen LogP contribution in [-0.4, -0.2) is 19.4 Å². The largest absolute Gasteiger partial charge is 0.380 e. The van der Waals surface area contributed by atoms with Crippen molar-refractivity contribution in [2.75, 3.05) is 7.11 Å². The summed E-state index contributed by atoms with van der Waals surface area (Å²) in [4.78, 5) is 11.2. The lowest BCUT2D eigenvalue weighted by Crippen LogP contribution is -2.24. The van der Waals surface area contributed by atoms with Crippen molar-refractivity contribution in [2.45, 2.75) is 6.61 Å². The first-order valence-corrected chi connectivity index (χ1v) is 4.75. The summed E-state index contributed by atoms with van der Waals surface area (Å²) in [6.07, 6.45) is 1.54.